The van der Waals surface area contributed by atoms with Crippen LogP contribution in [0.15, 0.2) is 6.07 Å². The van der Waals surface area contributed by atoms with E-state index < -0.39 is 70.1 Å². The molecule has 13 heteroatoms. The van der Waals surface area contributed by atoms with Crippen LogP contribution >= 0.6 is 0 Å². The lowest BCUT2D eigenvalue weighted by Gasteiger charge is -2.33. The molecular weight excluding hydrogens is 424 g/mol. The summed E-state index contributed by atoms with van der Waals surface area (Å²) in [4.78, 5) is 0. The van der Waals surface area contributed by atoms with Gasteiger partial charge in [0.15, 0.2) is 0 Å². The first-order valence-corrected chi connectivity index (χ1v) is 7.18. The van der Waals surface area contributed by atoms with Crippen LogP contribution in [0.3, 0.4) is 0 Å². The van der Waals surface area contributed by atoms with Crippen LogP contribution in [0.5, 0.6) is 0 Å². The monoisotopic (exact) mass is 436 g/mol. The van der Waals surface area contributed by atoms with E-state index in [2.05, 4.69) is 0 Å². The Morgan fingerprint density at radius 1 is 0.607 bits per heavy atom. The van der Waals surface area contributed by atoms with Gasteiger partial charge in [0, 0.05) is 5.56 Å². The van der Waals surface area contributed by atoms with Crippen LogP contribution < -0.4 is 0 Å². The zero-order chi connectivity index (χ0) is 22.7. The lowest BCUT2D eigenvalue weighted by molar-refractivity contribution is -0.177. The minimum Gasteiger partial charge on any atom is -0.388 e. The molecule has 0 bridgehead atoms. The predicted octanol–water partition coefficient (Wildman–Crippen LogP) is 6.84. The predicted molar refractivity (Wildman–Crippen MR) is 70.9 cm³/mol. The number of aliphatic hydroxyl groups excluding tert-OH is 1. The molecule has 0 aliphatic carbocycles. The number of benzene rings is 1. The van der Waals surface area contributed by atoms with Gasteiger partial charge in [-0.15, -0.1) is 0 Å². The molecular formula is C15H12F12O. The normalized spacial score (nSPS) is 15.7. The van der Waals surface area contributed by atoms with Crippen molar-refractivity contribution in [3.8, 4) is 0 Å². The molecule has 0 amide bonds. The van der Waals surface area contributed by atoms with Crippen LogP contribution in [0, 0.1) is 5.41 Å². The summed E-state index contributed by atoms with van der Waals surface area (Å²) in [7, 11) is 0. The maximum atomic E-state index is 13.4. The maximum absolute atomic E-state index is 13.4. The zero-order valence-electron chi connectivity index (χ0n) is 14.1. The topological polar surface area (TPSA) is 20.2 Å². The van der Waals surface area contributed by atoms with Crippen molar-refractivity contribution in [1.82, 2.24) is 0 Å². The molecule has 1 aromatic rings. The molecule has 0 aliphatic rings. The summed E-state index contributed by atoms with van der Waals surface area (Å²) in [5, 5.41) is 9.98. The van der Waals surface area contributed by atoms with Crippen molar-refractivity contribution in [2.24, 2.45) is 5.41 Å². The summed E-state index contributed by atoms with van der Waals surface area (Å²) in [6, 6.07) is -1.05. The fourth-order valence-corrected chi connectivity index (χ4v) is 2.46. The molecule has 0 aromatic heterocycles. The van der Waals surface area contributed by atoms with Gasteiger partial charge in [-0.05, 0) is 11.5 Å². The Bertz CT molecular complexity index is 728. The molecule has 0 saturated heterocycles. The largest absolute Gasteiger partial charge is 0.417 e. The summed E-state index contributed by atoms with van der Waals surface area (Å²) in [5.41, 5.74) is -16.5. The molecule has 0 aliphatic heterocycles. The summed E-state index contributed by atoms with van der Waals surface area (Å²) in [6.45, 7) is 2.72. The molecule has 0 radical (unpaired) electrons. The number of halogens is 12. The standard InChI is InChI=1S/C15H12F12O/c1-11(2,3)10(28)7-5(12(16,17)18)4-6(13(19,20)21)8(14(22,23)24)9(7)15(25,26)27/h4,10,28H,1-3H3. The molecule has 1 aromatic carbocycles. The van der Waals surface area contributed by atoms with Gasteiger partial charge in [-0.1, -0.05) is 20.8 Å². The Kier molecular flexibility index (Phi) is 5.83. The third-order valence-corrected chi connectivity index (χ3v) is 3.64. The highest BCUT2D eigenvalue weighted by Crippen LogP contribution is 2.54. The quantitative estimate of drug-likeness (QED) is 0.478. The Morgan fingerprint density at radius 2 is 0.964 bits per heavy atom. The van der Waals surface area contributed by atoms with Crippen molar-refractivity contribution in [3.63, 3.8) is 0 Å². The van der Waals surface area contributed by atoms with Crippen molar-refractivity contribution in [2.45, 2.75) is 51.6 Å². The summed E-state index contributed by atoms with van der Waals surface area (Å²) >= 11 is 0. The van der Waals surface area contributed by atoms with Gasteiger partial charge >= 0.3 is 24.7 Å². The van der Waals surface area contributed by atoms with Gasteiger partial charge in [0.2, 0.25) is 0 Å². The van der Waals surface area contributed by atoms with Crippen molar-refractivity contribution in [2.75, 3.05) is 0 Å². The van der Waals surface area contributed by atoms with Gasteiger partial charge < -0.3 is 5.11 Å². The van der Waals surface area contributed by atoms with Crippen LogP contribution in [0.25, 0.3) is 0 Å². The van der Waals surface area contributed by atoms with Crippen molar-refractivity contribution in [1.29, 1.82) is 0 Å². The van der Waals surface area contributed by atoms with E-state index >= 15 is 0 Å². The average Bonchev–Trinajstić information content (AvgIpc) is 2.39. The minimum atomic E-state index is -6.31. The van der Waals surface area contributed by atoms with Gasteiger partial charge in [-0.2, -0.15) is 52.7 Å². The first-order valence-electron chi connectivity index (χ1n) is 7.18. The zero-order valence-corrected chi connectivity index (χ0v) is 14.1. The average molecular weight is 436 g/mol. The molecule has 1 atom stereocenters. The molecule has 0 fully saturated rings. The lowest BCUT2D eigenvalue weighted by atomic mass is 9.78. The maximum Gasteiger partial charge on any atom is 0.417 e. The lowest BCUT2D eigenvalue weighted by Crippen LogP contribution is -2.31. The van der Waals surface area contributed by atoms with E-state index in [-0.39, 0.29) is 0 Å². The van der Waals surface area contributed by atoms with E-state index in [1.54, 1.807) is 0 Å². The molecule has 1 rings (SSSR count). The van der Waals surface area contributed by atoms with Crippen molar-refractivity contribution >= 4 is 0 Å². The summed E-state index contributed by atoms with van der Waals surface area (Å²) in [5.74, 6) is 0. The van der Waals surface area contributed by atoms with E-state index in [1.165, 1.54) is 0 Å². The molecule has 28 heavy (non-hydrogen) atoms. The second-order valence-electron chi connectivity index (χ2n) is 6.89. The van der Waals surface area contributed by atoms with E-state index in [1.807, 2.05) is 0 Å². The second-order valence-corrected chi connectivity index (χ2v) is 6.89. The van der Waals surface area contributed by atoms with Crippen molar-refractivity contribution < 1.29 is 57.8 Å². The Hall–Kier alpha value is -1.66. The number of hydrogen-bond acceptors (Lipinski definition) is 1. The molecule has 0 spiro atoms. The Balaban J connectivity index is 4.42. The van der Waals surface area contributed by atoms with Crippen LogP contribution in [-0.4, -0.2) is 5.11 Å². The van der Waals surface area contributed by atoms with Gasteiger partial charge in [-0.3, -0.25) is 0 Å². The fourth-order valence-electron chi connectivity index (χ4n) is 2.46. The van der Waals surface area contributed by atoms with Crippen LogP contribution in [0.2, 0.25) is 0 Å². The molecule has 1 N–H and O–H groups in total. The highest BCUT2D eigenvalue weighted by molar-refractivity contribution is 5.52. The smallest absolute Gasteiger partial charge is 0.388 e. The van der Waals surface area contributed by atoms with Crippen LogP contribution in [0.1, 0.15) is 54.7 Å². The van der Waals surface area contributed by atoms with Gasteiger partial charge in [-0.25, -0.2) is 0 Å². The fraction of sp³-hybridized carbons (Fsp3) is 0.600. The highest BCUT2D eigenvalue weighted by Gasteiger charge is 2.55. The summed E-state index contributed by atoms with van der Waals surface area (Å²) in [6.07, 6.45) is -27.5. The number of alkyl halides is 12. The van der Waals surface area contributed by atoms with Crippen LogP contribution in [0.4, 0.5) is 52.7 Å². The van der Waals surface area contributed by atoms with Crippen molar-refractivity contribution in [3.05, 3.63) is 33.9 Å². The summed E-state index contributed by atoms with van der Waals surface area (Å²) < 4.78 is 158. The molecule has 0 saturated carbocycles. The van der Waals surface area contributed by atoms with Crippen LogP contribution in [-0.2, 0) is 24.7 Å². The van der Waals surface area contributed by atoms with Gasteiger partial charge in [0.25, 0.3) is 0 Å². The SMILES string of the molecule is CC(C)(C)C(O)c1c(C(F)(F)F)cc(C(F)(F)F)c(C(F)(F)F)c1C(F)(F)F. The third kappa shape index (κ3) is 4.84. The number of rotatable bonds is 1. The first kappa shape index (κ1) is 24.4. The molecule has 1 unspecified atom stereocenters. The van der Waals surface area contributed by atoms with E-state index in [9.17, 15) is 57.8 Å². The van der Waals surface area contributed by atoms with Gasteiger partial charge in [0.1, 0.15) is 0 Å². The van der Waals surface area contributed by atoms with Gasteiger partial charge in [0.05, 0.1) is 28.4 Å². The second kappa shape index (κ2) is 6.70. The molecule has 162 valence electrons. The van der Waals surface area contributed by atoms with E-state index in [4.69, 9.17) is 0 Å². The highest BCUT2D eigenvalue weighted by atomic mass is 19.4. The Morgan fingerprint density at radius 3 is 1.21 bits per heavy atom. The minimum absolute atomic E-state index is 0.906. The Labute approximate surface area is 149 Å². The molecule has 1 nitrogen and oxygen atoms in total. The van der Waals surface area contributed by atoms with E-state index in [0.29, 0.717) is 0 Å². The number of hydrogen-bond donors (Lipinski definition) is 1. The van der Waals surface area contributed by atoms with E-state index in [0.717, 1.165) is 20.8 Å². The number of aliphatic hydroxyl groups is 1. The first-order chi connectivity index (χ1) is 12.0. The molecule has 0 heterocycles. The third-order valence-electron chi connectivity index (χ3n) is 3.64.